The zero-order valence-electron chi connectivity index (χ0n) is 18.1. The SMILES string of the molecule is COc1cc(N2CC(C(=O)Nc3ccccc3-c3cccs3)CC2=O)cc(OC)c1OC. The average molecular weight is 453 g/mol. The van der Waals surface area contributed by atoms with Crippen LogP contribution in [0.3, 0.4) is 0 Å². The second kappa shape index (κ2) is 9.32. The lowest BCUT2D eigenvalue weighted by Gasteiger charge is -2.20. The first-order chi connectivity index (χ1) is 15.5. The average Bonchev–Trinajstić information content (AvgIpc) is 3.48. The van der Waals surface area contributed by atoms with E-state index in [-0.39, 0.29) is 24.8 Å². The van der Waals surface area contributed by atoms with E-state index in [9.17, 15) is 9.59 Å². The molecule has 1 atom stereocenters. The molecule has 1 saturated heterocycles. The van der Waals surface area contributed by atoms with Crippen LogP contribution in [0.4, 0.5) is 11.4 Å². The van der Waals surface area contributed by atoms with Crippen LogP contribution in [0, 0.1) is 5.92 Å². The van der Waals surface area contributed by atoms with Gasteiger partial charge in [-0.25, -0.2) is 0 Å². The normalized spacial score (nSPS) is 15.5. The zero-order chi connectivity index (χ0) is 22.7. The number of carbonyl (C=O) groups excluding carboxylic acids is 2. The molecule has 1 aromatic heterocycles. The molecule has 1 unspecified atom stereocenters. The molecular weight excluding hydrogens is 428 g/mol. The van der Waals surface area contributed by atoms with Crippen LogP contribution in [0.1, 0.15) is 6.42 Å². The minimum absolute atomic E-state index is 0.129. The maximum absolute atomic E-state index is 13.0. The van der Waals surface area contributed by atoms with Gasteiger partial charge < -0.3 is 24.4 Å². The topological polar surface area (TPSA) is 77.1 Å². The number of ether oxygens (including phenoxy) is 3. The Morgan fingerprint density at radius 2 is 1.75 bits per heavy atom. The van der Waals surface area contributed by atoms with Gasteiger partial charge in [0.1, 0.15) is 0 Å². The second-order valence-corrected chi connectivity index (χ2v) is 8.25. The summed E-state index contributed by atoms with van der Waals surface area (Å²) in [7, 11) is 4.57. The van der Waals surface area contributed by atoms with Crippen LogP contribution in [0.2, 0.25) is 0 Å². The lowest BCUT2D eigenvalue weighted by atomic mass is 10.1. The molecule has 4 rings (SSSR count). The third-order valence-corrected chi connectivity index (χ3v) is 6.33. The third-order valence-electron chi connectivity index (χ3n) is 5.43. The van der Waals surface area contributed by atoms with Crippen molar-refractivity contribution in [2.45, 2.75) is 6.42 Å². The number of amides is 2. The molecule has 8 heteroatoms. The molecule has 2 heterocycles. The minimum atomic E-state index is -0.474. The van der Waals surface area contributed by atoms with Crippen molar-refractivity contribution >= 4 is 34.5 Å². The number of anilines is 2. The first-order valence-corrected chi connectivity index (χ1v) is 11.0. The first-order valence-electron chi connectivity index (χ1n) is 10.1. The molecule has 1 fully saturated rings. The van der Waals surface area contributed by atoms with E-state index in [1.807, 2.05) is 41.8 Å². The van der Waals surface area contributed by atoms with Crippen molar-refractivity contribution in [2.75, 3.05) is 38.1 Å². The second-order valence-electron chi connectivity index (χ2n) is 7.30. The maximum Gasteiger partial charge on any atom is 0.229 e. The number of hydrogen-bond acceptors (Lipinski definition) is 6. The van der Waals surface area contributed by atoms with Crippen molar-refractivity contribution < 1.29 is 23.8 Å². The van der Waals surface area contributed by atoms with E-state index in [1.165, 1.54) is 21.3 Å². The molecular formula is C24H24N2O5S. The summed E-state index contributed by atoms with van der Waals surface area (Å²) in [4.78, 5) is 28.5. The predicted molar refractivity (Wildman–Crippen MR) is 125 cm³/mol. The van der Waals surface area contributed by atoms with Crippen molar-refractivity contribution in [3.05, 3.63) is 53.9 Å². The Morgan fingerprint density at radius 3 is 2.38 bits per heavy atom. The molecule has 7 nitrogen and oxygen atoms in total. The highest BCUT2D eigenvalue weighted by molar-refractivity contribution is 7.13. The zero-order valence-corrected chi connectivity index (χ0v) is 18.9. The highest BCUT2D eigenvalue weighted by atomic mass is 32.1. The van der Waals surface area contributed by atoms with Gasteiger partial charge in [-0.3, -0.25) is 9.59 Å². The van der Waals surface area contributed by atoms with E-state index in [4.69, 9.17) is 14.2 Å². The predicted octanol–water partition coefficient (Wildman–Crippen LogP) is 4.43. The summed E-state index contributed by atoms with van der Waals surface area (Å²) in [5, 5.41) is 5.01. The maximum atomic E-state index is 13.0. The summed E-state index contributed by atoms with van der Waals surface area (Å²) in [5.41, 5.74) is 2.29. The largest absolute Gasteiger partial charge is 0.493 e. The molecule has 32 heavy (non-hydrogen) atoms. The van der Waals surface area contributed by atoms with Crippen LogP contribution in [0.5, 0.6) is 17.2 Å². The van der Waals surface area contributed by atoms with Gasteiger partial charge in [-0.05, 0) is 17.5 Å². The number of para-hydroxylation sites is 1. The molecule has 1 N–H and O–H groups in total. The number of hydrogen-bond donors (Lipinski definition) is 1. The Hall–Kier alpha value is -3.52. The highest BCUT2D eigenvalue weighted by Crippen LogP contribution is 2.42. The molecule has 0 saturated carbocycles. The molecule has 1 aliphatic rings. The van der Waals surface area contributed by atoms with E-state index in [1.54, 1.807) is 28.4 Å². The fourth-order valence-electron chi connectivity index (χ4n) is 3.83. The molecule has 166 valence electrons. The number of rotatable bonds is 7. The number of benzene rings is 2. The summed E-state index contributed by atoms with van der Waals surface area (Å²) < 4.78 is 16.1. The van der Waals surface area contributed by atoms with E-state index in [2.05, 4.69) is 5.32 Å². The van der Waals surface area contributed by atoms with Crippen LogP contribution in [0.15, 0.2) is 53.9 Å². The Balaban J connectivity index is 1.54. The molecule has 0 bridgehead atoms. The van der Waals surface area contributed by atoms with Gasteiger partial charge in [0.05, 0.1) is 32.9 Å². The molecule has 1 aliphatic heterocycles. The van der Waals surface area contributed by atoms with Gasteiger partial charge in [0.2, 0.25) is 17.6 Å². The number of nitrogens with zero attached hydrogens (tertiary/aromatic N) is 1. The van der Waals surface area contributed by atoms with Gasteiger partial charge in [-0.2, -0.15) is 0 Å². The Morgan fingerprint density at radius 1 is 1.03 bits per heavy atom. The van der Waals surface area contributed by atoms with Gasteiger partial charge >= 0.3 is 0 Å². The van der Waals surface area contributed by atoms with Crippen LogP contribution >= 0.6 is 11.3 Å². The summed E-state index contributed by atoms with van der Waals surface area (Å²) in [6, 6.07) is 15.1. The van der Waals surface area contributed by atoms with Crippen molar-refractivity contribution in [3.8, 4) is 27.7 Å². The number of methoxy groups -OCH3 is 3. The lowest BCUT2D eigenvalue weighted by Crippen LogP contribution is -2.28. The molecule has 2 amide bonds. The number of nitrogens with one attached hydrogen (secondary N) is 1. The Kier molecular flexibility index (Phi) is 6.32. The van der Waals surface area contributed by atoms with Crippen LogP contribution in [-0.2, 0) is 9.59 Å². The van der Waals surface area contributed by atoms with Crippen LogP contribution in [-0.4, -0.2) is 39.7 Å². The van der Waals surface area contributed by atoms with Crippen molar-refractivity contribution in [1.82, 2.24) is 0 Å². The fourth-order valence-corrected chi connectivity index (χ4v) is 4.60. The van der Waals surface area contributed by atoms with E-state index in [0.717, 1.165) is 16.1 Å². The van der Waals surface area contributed by atoms with Crippen molar-refractivity contribution in [1.29, 1.82) is 0 Å². The fraction of sp³-hybridized carbons (Fsp3) is 0.250. The van der Waals surface area contributed by atoms with E-state index < -0.39 is 5.92 Å². The first kappa shape index (κ1) is 21.7. The van der Waals surface area contributed by atoms with E-state index >= 15 is 0 Å². The van der Waals surface area contributed by atoms with Gasteiger partial charge in [0, 0.05) is 41.2 Å². The molecule has 0 radical (unpaired) electrons. The number of carbonyl (C=O) groups is 2. The molecule has 3 aromatic rings. The monoisotopic (exact) mass is 452 g/mol. The summed E-state index contributed by atoms with van der Waals surface area (Å²) in [6.45, 7) is 0.268. The Bertz CT molecular complexity index is 1100. The molecule has 0 spiro atoms. The molecule has 0 aliphatic carbocycles. The summed E-state index contributed by atoms with van der Waals surface area (Å²) in [6.07, 6.45) is 0.129. The van der Waals surface area contributed by atoms with Gasteiger partial charge in [-0.15, -0.1) is 11.3 Å². The van der Waals surface area contributed by atoms with Crippen LogP contribution in [0.25, 0.3) is 10.4 Å². The quantitative estimate of drug-likeness (QED) is 0.574. The van der Waals surface area contributed by atoms with Crippen LogP contribution < -0.4 is 24.4 Å². The van der Waals surface area contributed by atoms with E-state index in [0.29, 0.717) is 22.9 Å². The lowest BCUT2D eigenvalue weighted by molar-refractivity contribution is -0.122. The van der Waals surface area contributed by atoms with Crippen molar-refractivity contribution in [2.24, 2.45) is 5.92 Å². The summed E-state index contributed by atoms with van der Waals surface area (Å²) in [5.74, 6) is 0.561. The smallest absolute Gasteiger partial charge is 0.229 e. The number of thiophene rings is 1. The van der Waals surface area contributed by atoms with Gasteiger partial charge in [0.15, 0.2) is 11.5 Å². The minimum Gasteiger partial charge on any atom is -0.493 e. The standard InChI is InChI=1S/C24H24N2O5S/c1-29-19-12-16(13-20(30-2)23(19)31-3)26-14-15(11-22(26)27)24(28)25-18-8-5-4-7-17(18)21-9-6-10-32-21/h4-10,12-13,15H,11,14H2,1-3H3,(H,25,28). The molecule has 2 aromatic carbocycles. The van der Waals surface area contributed by atoms with Crippen molar-refractivity contribution in [3.63, 3.8) is 0 Å². The third kappa shape index (κ3) is 4.13. The Labute approximate surface area is 190 Å². The van der Waals surface area contributed by atoms with Gasteiger partial charge in [-0.1, -0.05) is 24.3 Å². The highest BCUT2D eigenvalue weighted by Gasteiger charge is 2.36. The summed E-state index contributed by atoms with van der Waals surface area (Å²) >= 11 is 1.61. The van der Waals surface area contributed by atoms with Gasteiger partial charge in [0.25, 0.3) is 0 Å².